The standard InChI is InChI=1S/C28H28N2O3S/c1-4-5-19-33-24-17-13-22(14-18-24)27(31)29-28-30(2)25(20-11-15-23(32-3)16-12-20)26(34-28)21-9-7-6-8-10-21/h6-18H,4-5,19H2,1-3H3. The summed E-state index contributed by atoms with van der Waals surface area (Å²) in [4.78, 5) is 19.2. The van der Waals surface area contributed by atoms with E-state index in [-0.39, 0.29) is 5.91 Å². The van der Waals surface area contributed by atoms with Gasteiger partial charge in [-0.25, -0.2) is 0 Å². The van der Waals surface area contributed by atoms with Gasteiger partial charge in [0.05, 0.1) is 24.3 Å². The van der Waals surface area contributed by atoms with Gasteiger partial charge in [-0.2, -0.15) is 4.99 Å². The Labute approximate surface area is 204 Å². The number of methoxy groups -OCH3 is 1. The molecule has 0 saturated carbocycles. The zero-order valence-electron chi connectivity index (χ0n) is 19.7. The van der Waals surface area contributed by atoms with E-state index in [1.54, 1.807) is 19.2 Å². The molecular formula is C28H28N2O3S. The molecule has 34 heavy (non-hydrogen) atoms. The van der Waals surface area contributed by atoms with E-state index >= 15 is 0 Å². The minimum Gasteiger partial charge on any atom is -0.497 e. The molecule has 5 nitrogen and oxygen atoms in total. The number of hydrogen-bond acceptors (Lipinski definition) is 4. The molecule has 0 unspecified atom stereocenters. The molecule has 1 amide bonds. The monoisotopic (exact) mass is 472 g/mol. The van der Waals surface area contributed by atoms with Crippen LogP contribution in [0.1, 0.15) is 30.1 Å². The Bertz CT molecular complexity index is 1300. The van der Waals surface area contributed by atoms with Crippen molar-refractivity contribution in [2.24, 2.45) is 12.0 Å². The third-order valence-corrected chi connectivity index (χ3v) is 6.68. The Morgan fingerprint density at radius 1 is 0.912 bits per heavy atom. The molecule has 0 aliphatic rings. The van der Waals surface area contributed by atoms with Crippen molar-refractivity contribution in [2.45, 2.75) is 19.8 Å². The molecular weight excluding hydrogens is 444 g/mol. The highest BCUT2D eigenvalue weighted by Gasteiger charge is 2.16. The van der Waals surface area contributed by atoms with E-state index < -0.39 is 0 Å². The molecule has 6 heteroatoms. The van der Waals surface area contributed by atoms with Crippen LogP contribution >= 0.6 is 11.3 Å². The molecule has 1 heterocycles. The normalized spacial score (nSPS) is 11.4. The van der Waals surface area contributed by atoms with Crippen molar-refractivity contribution in [1.82, 2.24) is 4.57 Å². The molecule has 1 aromatic heterocycles. The maximum atomic E-state index is 13.0. The smallest absolute Gasteiger partial charge is 0.279 e. The fraction of sp³-hybridized carbons (Fsp3) is 0.214. The van der Waals surface area contributed by atoms with Crippen LogP contribution in [0.25, 0.3) is 21.7 Å². The highest BCUT2D eigenvalue weighted by Crippen LogP contribution is 2.34. The molecule has 0 N–H and O–H groups in total. The number of thiazole rings is 1. The Kier molecular flexibility index (Phi) is 7.60. The van der Waals surface area contributed by atoms with Crippen molar-refractivity contribution in [3.8, 4) is 33.2 Å². The highest BCUT2D eigenvalue weighted by atomic mass is 32.1. The van der Waals surface area contributed by atoms with Crippen LogP contribution in [0.5, 0.6) is 11.5 Å². The molecule has 0 aliphatic carbocycles. The van der Waals surface area contributed by atoms with Gasteiger partial charge in [-0.05, 0) is 66.1 Å². The lowest BCUT2D eigenvalue weighted by Gasteiger charge is -2.08. The van der Waals surface area contributed by atoms with Crippen molar-refractivity contribution < 1.29 is 14.3 Å². The van der Waals surface area contributed by atoms with E-state index in [1.165, 1.54) is 11.3 Å². The minimum atomic E-state index is -0.280. The van der Waals surface area contributed by atoms with Crippen LogP contribution in [-0.2, 0) is 7.05 Å². The first-order valence-electron chi connectivity index (χ1n) is 11.3. The Morgan fingerprint density at radius 3 is 2.24 bits per heavy atom. The number of benzene rings is 3. The van der Waals surface area contributed by atoms with Gasteiger partial charge in [0.1, 0.15) is 11.5 Å². The van der Waals surface area contributed by atoms with Crippen LogP contribution in [0.3, 0.4) is 0 Å². The molecule has 0 bridgehead atoms. The van der Waals surface area contributed by atoms with E-state index in [4.69, 9.17) is 9.47 Å². The second-order valence-electron chi connectivity index (χ2n) is 7.86. The molecule has 0 radical (unpaired) electrons. The number of carbonyl (C=O) groups excluding carboxylic acids is 1. The third kappa shape index (κ3) is 5.29. The van der Waals surface area contributed by atoms with Crippen LogP contribution in [0.2, 0.25) is 0 Å². The van der Waals surface area contributed by atoms with Crippen molar-refractivity contribution >= 4 is 17.2 Å². The number of rotatable bonds is 8. The second kappa shape index (κ2) is 11.0. The van der Waals surface area contributed by atoms with E-state index in [1.807, 2.05) is 66.2 Å². The number of unbranched alkanes of at least 4 members (excludes halogenated alkanes) is 1. The Balaban J connectivity index is 1.71. The van der Waals surface area contributed by atoms with Gasteiger partial charge in [-0.3, -0.25) is 4.79 Å². The predicted molar refractivity (Wildman–Crippen MR) is 137 cm³/mol. The van der Waals surface area contributed by atoms with Crippen molar-refractivity contribution in [3.05, 3.63) is 89.2 Å². The maximum Gasteiger partial charge on any atom is 0.279 e. The van der Waals surface area contributed by atoms with Gasteiger partial charge in [0.15, 0.2) is 4.80 Å². The summed E-state index contributed by atoms with van der Waals surface area (Å²) in [7, 11) is 3.60. The summed E-state index contributed by atoms with van der Waals surface area (Å²) in [5.41, 5.74) is 3.64. The van der Waals surface area contributed by atoms with Crippen LogP contribution in [0, 0.1) is 0 Å². The van der Waals surface area contributed by atoms with E-state index in [0.717, 1.165) is 46.0 Å². The Morgan fingerprint density at radius 2 is 1.59 bits per heavy atom. The summed E-state index contributed by atoms with van der Waals surface area (Å²) >= 11 is 1.50. The SMILES string of the molecule is CCCCOc1ccc(C(=O)N=c2sc(-c3ccccc3)c(-c3ccc(OC)cc3)n2C)cc1. The number of aromatic nitrogens is 1. The first-order chi connectivity index (χ1) is 16.6. The summed E-state index contributed by atoms with van der Waals surface area (Å²) < 4.78 is 13.0. The molecule has 0 fully saturated rings. The van der Waals surface area contributed by atoms with Crippen LogP contribution in [-0.4, -0.2) is 24.2 Å². The molecule has 3 aromatic carbocycles. The fourth-order valence-corrected chi connectivity index (χ4v) is 4.74. The third-order valence-electron chi connectivity index (χ3n) is 5.50. The van der Waals surface area contributed by atoms with Crippen molar-refractivity contribution in [1.29, 1.82) is 0 Å². The minimum absolute atomic E-state index is 0.280. The summed E-state index contributed by atoms with van der Waals surface area (Å²) in [6.45, 7) is 2.80. The Hall–Kier alpha value is -3.64. The maximum absolute atomic E-state index is 13.0. The van der Waals surface area contributed by atoms with Gasteiger partial charge in [0, 0.05) is 12.6 Å². The number of amides is 1. The number of hydrogen-bond donors (Lipinski definition) is 0. The van der Waals surface area contributed by atoms with Crippen LogP contribution in [0.15, 0.2) is 83.9 Å². The second-order valence-corrected chi connectivity index (χ2v) is 8.84. The largest absolute Gasteiger partial charge is 0.497 e. The zero-order chi connectivity index (χ0) is 23.9. The van der Waals surface area contributed by atoms with Gasteiger partial charge in [0.2, 0.25) is 0 Å². The molecule has 0 atom stereocenters. The van der Waals surface area contributed by atoms with E-state index in [9.17, 15) is 4.79 Å². The predicted octanol–water partition coefficient (Wildman–Crippen LogP) is 6.35. The summed E-state index contributed by atoms with van der Waals surface area (Å²) in [5.74, 6) is 1.28. The lowest BCUT2D eigenvalue weighted by molar-refractivity contribution is 0.0998. The summed E-state index contributed by atoms with van der Waals surface area (Å²) in [5, 5.41) is 0. The van der Waals surface area contributed by atoms with Crippen molar-refractivity contribution in [3.63, 3.8) is 0 Å². The molecule has 0 aliphatic heterocycles. The van der Waals surface area contributed by atoms with E-state index in [2.05, 4.69) is 24.0 Å². The quantitative estimate of drug-likeness (QED) is 0.281. The first-order valence-corrected chi connectivity index (χ1v) is 12.1. The summed E-state index contributed by atoms with van der Waals surface area (Å²) in [6, 6.07) is 25.3. The molecule has 0 spiro atoms. The molecule has 174 valence electrons. The van der Waals surface area contributed by atoms with E-state index in [0.29, 0.717) is 17.0 Å². The lowest BCUT2D eigenvalue weighted by atomic mass is 10.1. The molecule has 0 saturated heterocycles. The van der Waals surface area contributed by atoms with Gasteiger partial charge >= 0.3 is 0 Å². The zero-order valence-corrected chi connectivity index (χ0v) is 20.5. The molecule has 4 rings (SSSR count). The van der Waals surface area contributed by atoms with Gasteiger partial charge in [-0.1, -0.05) is 55.0 Å². The number of carbonyl (C=O) groups is 1. The average molecular weight is 473 g/mol. The van der Waals surface area contributed by atoms with Crippen LogP contribution < -0.4 is 14.3 Å². The lowest BCUT2D eigenvalue weighted by Crippen LogP contribution is -2.14. The van der Waals surface area contributed by atoms with Crippen LogP contribution in [0.4, 0.5) is 0 Å². The molecule has 4 aromatic rings. The summed E-state index contributed by atoms with van der Waals surface area (Å²) in [6.07, 6.45) is 2.09. The number of ether oxygens (including phenoxy) is 2. The highest BCUT2D eigenvalue weighted by molar-refractivity contribution is 7.13. The number of nitrogens with zero attached hydrogens (tertiary/aromatic N) is 2. The topological polar surface area (TPSA) is 52.8 Å². The average Bonchev–Trinajstić information content (AvgIpc) is 3.20. The van der Waals surface area contributed by atoms with Crippen molar-refractivity contribution in [2.75, 3.05) is 13.7 Å². The fourth-order valence-electron chi connectivity index (χ4n) is 3.59. The van der Waals surface area contributed by atoms with Gasteiger partial charge in [-0.15, -0.1) is 0 Å². The van der Waals surface area contributed by atoms with Gasteiger partial charge in [0.25, 0.3) is 5.91 Å². The first kappa shape index (κ1) is 23.5. The van der Waals surface area contributed by atoms with Gasteiger partial charge < -0.3 is 14.0 Å².